The van der Waals surface area contributed by atoms with Crippen LogP contribution in [0, 0.1) is 6.92 Å². The summed E-state index contributed by atoms with van der Waals surface area (Å²) in [5, 5.41) is -0.650. The van der Waals surface area contributed by atoms with Gasteiger partial charge in [0, 0.05) is 25.4 Å². The maximum Gasteiger partial charge on any atom is 0.228 e. The van der Waals surface area contributed by atoms with Crippen LogP contribution in [-0.4, -0.2) is 42.7 Å². The van der Waals surface area contributed by atoms with Gasteiger partial charge in [-0.1, -0.05) is 41.4 Å². The van der Waals surface area contributed by atoms with Crippen LogP contribution in [0.1, 0.15) is 36.1 Å². The Hall–Kier alpha value is -1.96. The molecule has 0 aliphatic carbocycles. The molecule has 1 aromatic carbocycles. The summed E-state index contributed by atoms with van der Waals surface area (Å²) in [7, 11) is -3.80. The average molecular weight is 423 g/mol. The summed E-state index contributed by atoms with van der Waals surface area (Å²) in [6.07, 6.45) is 2.44. The number of carbonyl (C=O) groups excluding carboxylic acids is 1. The van der Waals surface area contributed by atoms with Gasteiger partial charge in [-0.2, -0.15) is 0 Å². The molecule has 1 aromatic heterocycles. The first kappa shape index (κ1) is 20.8. The highest BCUT2D eigenvalue weighted by Gasteiger charge is 2.38. The largest absolute Gasteiger partial charge is 0.474 e. The number of hydrogen-bond acceptors (Lipinski definition) is 5. The number of piperidine rings is 1. The number of pyridine rings is 1. The highest BCUT2D eigenvalue weighted by atomic mass is 35.5. The van der Waals surface area contributed by atoms with Gasteiger partial charge in [0.15, 0.2) is 11.0 Å². The molecule has 3 rings (SSSR count). The lowest BCUT2D eigenvalue weighted by Gasteiger charge is -2.33. The zero-order valence-electron chi connectivity index (χ0n) is 15.8. The van der Waals surface area contributed by atoms with Crippen molar-refractivity contribution in [1.29, 1.82) is 0 Å². The van der Waals surface area contributed by atoms with Gasteiger partial charge in [-0.05, 0) is 38.3 Å². The number of halogens is 1. The summed E-state index contributed by atoms with van der Waals surface area (Å²) in [6.45, 7) is 3.81. The van der Waals surface area contributed by atoms with E-state index in [0.29, 0.717) is 42.4 Å². The third-order valence-electron chi connectivity index (χ3n) is 4.76. The van der Waals surface area contributed by atoms with E-state index in [1.807, 2.05) is 13.0 Å². The van der Waals surface area contributed by atoms with Crippen molar-refractivity contribution in [1.82, 2.24) is 9.29 Å². The van der Waals surface area contributed by atoms with Crippen LogP contribution in [-0.2, 0) is 14.8 Å². The lowest BCUT2D eigenvalue weighted by Crippen LogP contribution is -2.44. The fourth-order valence-corrected chi connectivity index (χ4v) is 5.45. The highest BCUT2D eigenvalue weighted by Crippen LogP contribution is 2.30. The smallest absolute Gasteiger partial charge is 0.228 e. The minimum absolute atomic E-state index is 0.130. The highest BCUT2D eigenvalue weighted by molar-refractivity contribution is 7.90. The standard InChI is InChI=1S/C20H23ClN2O4S/c1-14-4-3-5-16(12-14)20(15(2)24)28(25,26)23-10-8-18(9-11-23)27-19-7-6-17(21)13-22-19/h3-7,12-13,18,20H,8-11H2,1-2H3. The van der Waals surface area contributed by atoms with E-state index in [1.165, 1.54) is 17.4 Å². The Morgan fingerprint density at radius 1 is 1.25 bits per heavy atom. The molecule has 0 N–H and O–H groups in total. The molecule has 0 amide bonds. The third-order valence-corrected chi connectivity index (χ3v) is 7.27. The maximum absolute atomic E-state index is 13.2. The number of sulfonamides is 1. The van der Waals surface area contributed by atoms with Gasteiger partial charge in [0.2, 0.25) is 15.9 Å². The summed E-state index contributed by atoms with van der Waals surface area (Å²) in [4.78, 5) is 16.3. The summed E-state index contributed by atoms with van der Waals surface area (Å²) >= 11 is 5.82. The van der Waals surface area contributed by atoms with Crippen LogP contribution in [0.5, 0.6) is 5.88 Å². The molecule has 1 atom stereocenters. The number of aromatic nitrogens is 1. The molecule has 1 aliphatic rings. The normalized spacial score (nSPS) is 17.2. The molecule has 1 aliphatic heterocycles. The number of nitrogens with zero attached hydrogens (tertiary/aromatic N) is 2. The zero-order valence-corrected chi connectivity index (χ0v) is 17.4. The van der Waals surface area contributed by atoms with E-state index < -0.39 is 15.3 Å². The van der Waals surface area contributed by atoms with Gasteiger partial charge >= 0.3 is 0 Å². The van der Waals surface area contributed by atoms with Gasteiger partial charge in [-0.3, -0.25) is 4.79 Å². The van der Waals surface area contributed by atoms with Crippen molar-refractivity contribution in [2.24, 2.45) is 0 Å². The van der Waals surface area contributed by atoms with Gasteiger partial charge in [-0.15, -0.1) is 0 Å². The Morgan fingerprint density at radius 2 is 1.96 bits per heavy atom. The summed E-state index contributed by atoms with van der Waals surface area (Å²) in [6, 6.07) is 10.5. The lowest BCUT2D eigenvalue weighted by molar-refractivity contribution is -0.116. The lowest BCUT2D eigenvalue weighted by atomic mass is 10.1. The van der Waals surface area contributed by atoms with E-state index in [4.69, 9.17) is 16.3 Å². The van der Waals surface area contributed by atoms with Crippen molar-refractivity contribution < 1.29 is 17.9 Å². The van der Waals surface area contributed by atoms with Gasteiger partial charge < -0.3 is 4.74 Å². The number of carbonyl (C=O) groups is 1. The van der Waals surface area contributed by atoms with Crippen molar-refractivity contribution in [3.05, 3.63) is 58.7 Å². The first-order valence-corrected chi connectivity index (χ1v) is 11.0. The third kappa shape index (κ3) is 4.71. The van der Waals surface area contributed by atoms with Crippen LogP contribution in [0.4, 0.5) is 0 Å². The number of rotatable bonds is 6. The second kappa shape index (κ2) is 8.59. The van der Waals surface area contributed by atoms with E-state index in [0.717, 1.165) is 5.56 Å². The number of Topliss-reactive ketones (excluding diaryl/α,β-unsaturated/α-hetero) is 1. The van der Waals surface area contributed by atoms with Gasteiger partial charge in [0.25, 0.3) is 0 Å². The van der Waals surface area contributed by atoms with E-state index in [9.17, 15) is 13.2 Å². The maximum atomic E-state index is 13.2. The second-order valence-corrected chi connectivity index (χ2v) is 9.43. The van der Waals surface area contributed by atoms with Crippen LogP contribution in [0.25, 0.3) is 0 Å². The Morgan fingerprint density at radius 3 is 2.54 bits per heavy atom. The minimum atomic E-state index is -3.80. The molecule has 2 heterocycles. The molecule has 2 aromatic rings. The molecule has 0 bridgehead atoms. The van der Waals surface area contributed by atoms with Crippen LogP contribution in [0.15, 0.2) is 42.6 Å². The first-order valence-electron chi connectivity index (χ1n) is 9.11. The molecule has 1 saturated heterocycles. The molecule has 8 heteroatoms. The van der Waals surface area contributed by atoms with E-state index in [1.54, 1.807) is 30.3 Å². The average Bonchev–Trinajstić information content (AvgIpc) is 2.64. The number of aryl methyl sites for hydroxylation is 1. The molecule has 0 saturated carbocycles. The monoisotopic (exact) mass is 422 g/mol. The summed E-state index contributed by atoms with van der Waals surface area (Å²) in [5.74, 6) is 0.0846. The van der Waals surface area contributed by atoms with Crippen molar-refractivity contribution in [3.63, 3.8) is 0 Å². The molecule has 0 radical (unpaired) electrons. The predicted octanol–water partition coefficient (Wildman–Crippen LogP) is 3.55. The second-order valence-electron chi connectivity index (χ2n) is 6.98. The fourth-order valence-electron chi connectivity index (χ4n) is 3.41. The molecular formula is C20H23ClN2O4S. The Bertz CT molecular complexity index is 939. The van der Waals surface area contributed by atoms with Crippen LogP contribution >= 0.6 is 11.6 Å². The molecular weight excluding hydrogens is 400 g/mol. The molecule has 6 nitrogen and oxygen atoms in total. The Kier molecular flexibility index (Phi) is 6.37. The van der Waals surface area contributed by atoms with Gasteiger partial charge in [0.1, 0.15) is 6.10 Å². The summed E-state index contributed by atoms with van der Waals surface area (Å²) < 4.78 is 33.6. The van der Waals surface area contributed by atoms with Crippen molar-refractivity contribution in [2.75, 3.05) is 13.1 Å². The van der Waals surface area contributed by atoms with E-state index >= 15 is 0 Å². The molecule has 150 valence electrons. The number of hydrogen-bond donors (Lipinski definition) is 0. The topological polar surface area (TPSA) is 76.6 Å². The molecule has 1 unspecified atom stereocenters. The molecule has 1 fully saturated rings. The van der Waals surface area contributed by atoms with Crippen LogP contribution < -0.4 is 4.74 Å². The SMILES string of the molecule is CC(=O)C(c1cccc(C)c1)S(=O)(=O)N1CCC(Oc2ccc(Cl)cn2)CC1. The van der Waals surface area contributed by atoms with Crippen LogP contribution in [0.2, 0.25) is 5.02 Å². The van der Waals surface area contributed by atoms with Crippen molar-refractivity contribution in [3.8, 4) is 5.88 Å². The van der Waals surface area contributed by atoms with E-state index in [2.05, 4.69) is 4.98 Å². The fraction of sp³-hybridized carbons (Fsp3) is 0.400. The Balaban J connectivity index is 1.70. The number of ketones is 1. The van der Waals surface area contributed by atoms with E-state index in [-0.39, 0.29) is 11.9 Å². The minimum Gasteiger partial charge on any atom is -0.474 e. The number of benzene rings is 1. The van der Waals surface area contributed by atoms with Crippen LogP contribution in [0.3, 0.4) is 0 Å². The van der Waals surface area contributed by atoms with Crippen molar-refractivity contribution >= 4 is 27.4 Å². The van der Waals surface area contributed by atoms with Crippen molar-refractivity contribution in [2.45, 2.75) is 38.0 Å². The first-order chi connectivity index (χ1) is 13.3. The summed E-state index contributed by atoms with van der Waals surface area (Å²) in [5.41, 5.74) is 1.43. The zero-order chi connectivity index (χ0) is 20.3. The molecule has 0 spiro atoms. The predicted molar refractivity (Wildman–Crippen MR) is 108 cm³/mol. The Labute approximate surface area is 170 Å². The number of ether oxygens (including phenoxy) is 1. The molecule has 28 heavy (non-hydrogen) atoms. The quantitative estimate of drug-likeness (QED) is 0.711. The van der Waals surface area contributed by atoms with Gasteiger partial charge in [0.05, 0.1) is 5.02 Å². The van der Waals surface area contributed by atoms with Gasteiger partial charge in [-0.25, -0.2) is 17.7 Å².